The Balaban J connectivity index is 1.88. The molecule has 0 fully saturated rings. The van der Waals surface area contributed by atoms with E-state index in [-0.39, 0.29) is 5.92 Å². The van der Waals surface area contributed by atoms with Crippen LogP contribution in [0.4, 0.5) is 0 Å². The van der Waals surface area contributed by atoms with Crippen LogP contribution in [0.25, 0.3) is 0 Å². The first-order chi connectivity index (χ1) is 9.15. The van der Waals surface area contributed by atoms with Crippen molar-refractivity contribution in [1.82, 2.24) is 19.7 Å². The fourth-order valence-electron chi connectivity index (χ4n) is 2.65. The topological polar surface area (TPSA) is 56.7 Å². The molecule has 0 N–H and O–H groups in total. The molecule has 102 valence electrons. The molecule has 0 aliphatic heterocycles. The Labute approximate surface area is 113 Å². The van der Waals surface area contributed by atoms with Gasteiger partial charge in [-0.2, -0.15) is 4.98 Å². The van der Waals surface area contributed by atoms with Gasteiger partial charge in [-0.05, 0) is 32.6 Å². The number of nitrogens with zero attached hydrogens (tertiary/aromatic N) is 4. The number of imidazole rings is 1. The zero-order valence-electron chi connectivity index (χ0n) is 11.8. The third-order valence-corrected chi connectivity index (χ3v) is 3.70. The highest BCUT2D eigenvalue weighted by atomic mass is 16.5. The number of rotatable bonds is 3. The Morgan fingerprint density at radius 3 is 2.74 bits per heavy atom. The van der Waals surface area contributed by atoms with Crippen LogP contribution in [0.2, 0.25) is 0 Å². The van der Waals surface area contributed by atoms with Gasteiger partial charge in [0.25, 0.3) is 0 Å². The average molecular weight is 260 g/mol. The number of aromatic nitrogens is 4. The number of fused-ring (bicyclic) bond motifs is 1. The first-order valence-corrected chi connectivity index (χ1v) is 7.02. The maximum Gasteiger partial charge on any atom is 0.229 e. The molecule has 0 aromatic carbocycles. The van der Waals surface area contributed by atoms with E-state index in [9.17, 15) is 0 Å². The van der Waals surface area contributed by atoms with E-state index in [4.69, 9.17) is 4.52 Å². The SMILES string of the molecule is Cc1nc2c(n1Cc1noc(C(C)C)n1)CCCC2. The third-order valence-electron chi connectivity index (χ3n) is 3.70. The minimum Gasteiger partial charge on any atom is -0.339 e. The predicted molar refractivity (Wildman–Crippen MR) is 71.1 cm³/mol. The molecule has 0 saturated heterocycles. The van der Waals surface area contributed by atoms with Crippen LogP contribution in [0.5, 0.6) is 0 Å². The molecule has 1 aliphatic carbocycles. The van der Waals surface area contributed by atoms with Gasteiger partial charge >= 0.3 is 0 Å². The molecule has 0 bridgehead atoms. The average Bonchev–Trinajstić information content (AvgIpc) is 2.96. The molecule has 2 aromatic rings. The number of aryl methyl sites for hydroxylation is 2. The van der Waals surface area contributed by atoms with E-state index < -0.39 is 0 Å². The summed E-state index contributed by atoms with van der Waals surface area (Å²) < 4.78 is 7.50. The molecule has 5 heteroatoms. The largest absolute Gasteiger partial charge is 0.339 e. The van der Waals surface area contributed by atoms with Crippen molar-refractivity contribution in [2.24, 2.45) is 0 Å². The number of hydrogen-bond acceptors (Lipinski definition) is 4. The second kappa shape index (κ2) is 4.79. The number of hydrogen-bond donors (Lipinski definition) is 0. The van der Waals surface area contributed by atoms with Crippen molar-refractivity contribution in [3.8, 4) is 0 Å². The van der Waals surface area contributed by atoms with Gasteiger partial charge in [0, 0.05) is 11.6 Å². The van der Waals surface area contributed by atoms with Crippen LogP contribution in [-0.2, 0) is 19.4 Å². The Morgan fingerprint density at radius 2 is 2.00 bits per heavy atom. The van der Waals surface area contributed by atoms with Gasteiger partial charge in [0.2, 0.25) is 5.89 Å². The van der Waals surface area contributed by atoms with Crippen molar-refractivity contribution >= 4 is 0 Å². The molecule has 2 heterocycles. The molecule has 0 unspecified atom stereocenters. The molecule has 19 heavy (non-hydrogen) atoms. The molecule has 2 aromatic heterocycles. The van der Waals surface area contributed by atoms with Crippen molar-refractivity contribution < 1.29 is 4.52 Å². The summed E-state index contributed by atoms with van der Waals surface area (Å²) in [5, 5.41) is 4.07. The van der Waals surface area contributed by atoms with Crippen LogP contribution < -0.4 is 0 Å². The van der Waals surface area contributed by atoms with Gasteiger partial charge in [0.05, 0.1) is 12.2 Å². The standard InChI is InChI=1S/C14H20N4O/c1-9(2)14-16-13(17-19-14)8-18-10(3)15-11-6-4-5-7-12(11)18/h9H,4-8H2,1-3H3. The molecule has 3 rings (SSSR count). The lowest BCUT2D eigenvalue weighted by Crippen LogP contribution is -2.11. The molecular formula is C14H20N4O. The van der Waals surface area contributed by atoms with Crippen LogP contribution in [0.3, 0.4) is 0 Å². The van der Waals surface area contributed by atoms with E-state index in [1.165, 1.54) is 24.2 Å². The molecule has 0 amide bonds. The maximum absolute atomic E-state index is 5.26. The minimum absolute atomic E-state index is 0.277. The Morgan fingerprint density at radius 1 is 1.21 bits per heavy atom. The maximum atomic E-state index is 5.26. The monoisotopic (exact) mass is 260 g/mol. The van der Waals surface area contributed by atoms with Crippen LogP contribution in [0, 0.1) is 6.92 Å². The van der Waals surface area contributed by atoms with Crippen LogP contribution in [-0.4, -0.2) is 19.7 Å². The molecular weight excluding hydrogens is 240 g/mol. The lowest BCUT2D eigenvalue weighted by molar-refractivity contribution is 0.359. The zero-order valence-corrected chi connectivity index (χ0v) is 11.8. The fraction of sp³-hybridized carbons (Fsp3) is 0.643. The summed E-state index contributed by atoms with van der Waals surface area (Å²) in [6.07, 6.45) is 4.72. The van der Waals surface area contributed by atoms with E-state index in [2.05, 4.69) is 40.5 Å². The van der Waals surface area contributed by atoms with E-state index in [1.807, 2.05) is 0 Å². The molecule has 0 atom stereocenters. The smallest absolute Gasteiger partial charge is 0.229 e. The summed E-state index contributed by atoms with van der Waals surface area (Å²) in [4.78, 5) is 9.11. The summed E-state index contributed by atoms with van der Waals surface area (Å²) in [5.41, 5.74) is 2.62. The fourth-order valence-corrected chi connectivity index (χ4v) is 2.65. The van der Waals surface area contributed by atoms with E-state index in [0.29, 0.717) is 12.4 Å². The van der Waals surface area contributed by atoms with Crippen molar-refractivity contribution in [1.29, 1.82) is 0 Å². The highest BCUT2D eigenvalue weighted by Crippen LogP contribution is 2.23. The second-order valence-corrected chi connectivity index (χ2v) is 5.55. The van der Waals surface area contributed by atoms with Crippen LogP contribution in [0.1, 0.15) is 61.5 Å². The lowest BCUT2D eigenvalue weighted by atomic mass is 10.0. The molecule has 0 radical (unpaired) electrons. The van der Waals surface area contributed by atoms with Gasteiger partial charge in [-0.1, -0.05) is 19.0 Å². The molecule has 5 nitrogen and oxygen atoms in total. The Hall–Kier alpha value is -1.65. The van der Waals surface area contributed by atoms with Crippen LogP contribution in [0.15, 0.2) is 4.52 Å². The summed E-state index contributed by atoms with van der Waals surface area (Å²) in [5.74, 6) is 2.79. The van der Waals surface area contributed by atoms with Crippen molar-refractivity contribution in [2.75, 3.05) is 0 Å². The summed E-state index contributed by atoms with van der Waals surface area (Å²) >= 11 is 0. The van der Waals surface area contributed by atoms with Gasteiger partial charge in [-0.15, -0.1) is 0 Å². The van der Waals surface area contributed by atoms with Gasteiger partial charge in [0.15, 0.2) is 5.82 Å². The van der Waals surface area contributed by atoms with Gasteiger partial charge < -0.3 is 9.09 Å². The quantitative estimate of drug-likeness (QED) is 0.851. The Kier molecular flexibility index (Phi) is 3.12. The van der Waals surface area contributed by atoms with Crippen molar-refractivity contribution in [3.05, 3.63) is 28.9 Å². The second-order valence-electron chi connectivity index (χ2n) is 5.55. The molecule has 0 saturated carbocycles. The summed E-state index contributed by atoms with van der Waals surface area (Å²) in [6, 6.07) is 0. The minimum atomic E-state index is 0.277. The van der Waals surface area contributed by atoms with E-state index in [0.717, 1.165) is 24.5 Å². The summed E-state index contributed by atoms with van der Waals surface area (Å²) in [7, 11) is 0. The van der Waals surface area contributed by atoms with Gasteiger partial charge in [-0.3, -0.25) is 0 Å². The predicted octanol–water partition coefficient (Wildman–Crippen LogP) is 2.63. The van der Waals surface area contributed by atoms with E-state index in [1.54, 1.807) is 0 Å². The zero-order chi connectivity index (χ0) is 13.4. The summed E-state index contributed by atoms with van der Waals surface area (Å²) in [6.45, 7) is 6.84. The van der Waals surface area contributed by atoms with Crippen molar-refractivity contribution in [2.45, 2.75) is 58.9 Å². The van der Waals surface area contributed by atoms with Gasteiger partial charge in [-0.25, -0.2) is 4.98 Å². The third kappa shape index (κ3) is 2.29. The molecule has 0 spiro atoms. The first kappa shape index (κ1) is 12.4. The highest BCUT2D eigenvalue weighted by molar-refractivity contribution is 5.20. The normalized spacial score (nSPS) is 14.9. The van der Waals surface area contributed by atoms with Crippen molar-refractivity contribution in [3.63, 3.8) is 0 Å². The molecule has 1 aliphatic rings. The van der Waals surface area contributed by atoms with Crippen LogP contribution >= 0.6 is 0 Å². The first-order valence-electron chi connectivity index (χ1n) is 7.02. The van der Waals surface area contributed by atoms with E-state index >= 15 is 0 Å². The van der Waals surface area contributed by atoms with Gasteiger partial charge in [0.1, 0.15) is 5.82 Å². The highest BCUT2D eigenvalue weighted by Gasteiger charge is 2.19. The lowest BCUT2D eigenvalue weighted by Gasteiger charge is -2.13. The Bertz CT molecular complexity index is 582.